The third-order valence-corrected chi connectivity index (χ3v) is 2.78. The molecule has 14 heavy (non-hydrogen) atoms. The summed E-state index contributed by atoms with van der Waals surface area (Å²) < 4.78 is 6.75. The molecule has 1 saturated carbocycles. The standard InChI is InChI=1S/C11H20BrNO/c1-10(12)9-13-7-8-14-11-5-3-2-4-6-11/h11,13H,1-9H2. The van der Waals surface area contributed by atoms with Crippen LogP contribution in [0.1, 0.15) is 32.1 Å². The van der Waals surface area contributed by atoms with Crippen LogP contribution in [-0.2, 0) is 4.74 Å². The van der Waals surface area contributed by atoms with Crippen molar-refractivity contribution in [3.05, 3.63) is 11.1 Å². The van der Waals surface area contributed by atoms with Crippen molar-refractivity contribution in [3.63, 3.8) is 0 Å². The fourth-order valence-electron chi connectivity index (χ4n) is 1.75. The first-order chi connectivity index (χ1) is 6.79. The monoisotopic (exact) mass is 261 g/mol. The predicted octanol–water partition coefficient (Wildman–Crippen LogP) is 2.83. The van der Waals surface area contributed by atoms with Gasteiger partial charge in [0, 0.05) is 17.6 Å². The fourth-order valence-corrected chi connectivity index (χ4v) is 1.95. The zero-order chi connectivity index (χ0) is 10.2. The molecule has 0 aromatic carbocycles. The molecule has 0 atom stereocenters. The molecule has 0 heterocycles. The summed E-state index contributed by atoms with van der Waals surface area (Å²) in [5.74, 6) is 0. The number of hydrogen-bond acceptors (Lipinski definition) is 2. The molecule has 0 amide bonds. The van der Waals surface area contributed by atoms with Gasteiger partial charge in [0.25, 0.3) is 0 Å². The van der Waals surface area contributed by atoms with Crippen LogP contribution >= 0.6 is 15.9 Å². The second-order valence-electron chi connectivity index (χ2n) is 3.82. The Labute approximate surface area is 95.2 Å². The predicted molar refractivity (Wildman–Crippen MR) is 63.8 cm³/mol. The van der Waals surface area contributed by atoms with E-state index in [4.69, 9.17) is 4.74 Å². The van der Waals surface area contributed by atoms with Crippen LogP contribution in [0.25, 0.3) is 0 Å². The molecular weight excluding hydrogens is 242 g/mol. The van der Waals surface area contributed by atoms with E-state index in [1.165, 1.54) is 32.1 Å². The zero-order valence-corrected chi connectivity index (χ0v) is 10.3. The normalized spacial score (nSPS) is 18.4. The van der Waals surface area contributed by atoms with Crippen molar-refractivity contribution in [1.29, 1.82) is 0 Å². The Kier molecular flexibility index (Phi) is 6.48. The smallest absolute Gasteiger partial charge is 0.0594 e. The molecule has 1 rings (SSSR count). The van der Waals surface area contributed by atoms with E-state index in [0.29, 0.717) is 6.10 Å². The average Bonchev–Trinajstić information content (AvgIpc) is 2.18. The summed E-state index contributed by atoms with van der Waals surface area (Å²) in [5.41, 5.74) is 0. The maximum Gasteiger partial charge on any atom is 0.0594 e. The maximum atomic E-state index is 5.76. The van der Waals surface area contributed by atoms with Gasteiger partial charge in [0.15, 0.2) is 0 Å². The van der Waals surface area contributed by atoms with Crippen molar-refractivity contribution in [3.8, 4) is 0 Å². The molecule has 1 aliphatic rings. The summed E-state index contributed by atoms with van der Waals surface area (Å²) >= 11 is 3.31. The van der Waals surface area contributed by atoms with Crippen molar-refractivity contribution in [1.82, 2.24) is 5.32 Å². The van der Waals surface area contributed by atoms with Gasteiger partial charge in [-0.1, -0.05) is 41.8 Å². The van der Waals surface area contributed by atoms with Crippen LogP contribution in [0.2, 0.25) is 0 Å². The van der Waals surface area contributed by atoms with Gasteiger partial charge in [-0.25, -0.2) is 0 Å². The minimum Gasteiger partial charge on any atom is -0.377 e. The van der Waals surface area contributed by atoms with Crippen LogP contribution in [0.3, 0.4) is 0 Å². The molecule has 0 bridgehead atoms. The Bertz CT molecular complexity index is 167. The van der Waals surface area contributed by atoms with Gasteiger partial charge in [-0.15, -0.1) is 0 Å². The van der Waals surface area contributed by atoms with Gasteiger partial charge in [-0.3, -0.25) is 0 Å². The third kappa shape index (κ3) is 5.78. The third-order valence-electron chi connectivity index (χ3n) is 2.50. The molecule has 0 radical (unpaired) electrons. The number of halogens is 1. The van der Waals surface area contributed by atoms with Crippen molar-refractivity contribution in [2.75, 3.05) is 19.7 Å². The fraction of sp³-hybridized carbons (Fsp3) is 0.818. The Morgan fingerprint density at radius 1 is 1.36 bits per heavy atom. The lowest BCUT2D eigenvalue weighted by molar-refractivity contribution is 0.0306. The maximum absolute atomic E-state index is 5.76. The first-order valence-electron chi connectivity index (χ1n) is 5.44. The Morgan fingerprint density at radius 3 is 2.71 bits per heavy atom. The van der Waals surface area contributed by atoms with E-state index in [2.05, 4.69) is 27.8 Å². The van der Waals surface area contributed by atoms with Gasteiger partial charge in [-0.05, 0) is 12.8 Å². The highest BCUT2D eigenvalue weighted by atomic mass is 79.9. The summed E-state index contributed by atoms with van der Waals surface area (Å²) in [7, 11) is 0. The summed E-state index contributed by atoms with van der Waals surface area (Å²) in [6, 6.07) is 0. The van der Waals surface area contributed by atoms with Gasteiger partial charge in [0.05, 0.1) is 12.7 Å². The van der Waals surface area contributed by atoms with Crippen LogP contribution in [-0.4, -0.2) is 25.8 Å². The molecule has 82 valence electrons. The van der Waals surface area contributed by atoms with Crippen LogP contribution in [0.4, 0.5) is 0 Å². The molecule has 1 aliphatic carbocycles. The molecule has 0 saturated heterocycles. The molecular formula is C11H20BrNO. The van der Waals surface area contributed by atoms with E-state index in [1.807, 2.05) is 0 Å². The molecule has 0 aromatic heterocycles. The number of rotatable bonds is 6. The van der Waals surface area contributed by atoms with Gasteiger partial charge in [-0.2, -0.15) is 0 Å². The average molecular weight is 262 g/mol. The molecule has 2 nitrogen and oxygen atoms in total. The van der Waals surface area contributed by atoms with Crippen LogP contribution in [0, 0.1) is 0 Å². The summed E-state index contributed by atoms with van der Waals surface area (Å²) in [6.45, 7) is 6.33. The second-order valence-corrected chi connectivity index (χ2v) is 4.95. The lowest BCUT2D eigenvalue weighted by Gasteiger charge is -2.21. The highest BCUT2D eigenvalue weighted by molar-refractivity contribution is 9.11. The van der Waals surface area contributed by atoms with Gasteiger partial charge >= 0.3 is 0 Å². The summed E-state index contributed by atoms with van der Waals surface area (Å²) in [5, 5.41) is 3.25. The highest BCUT2D eigenvalue weighted by Crippen LogP contribution is 2.19. The van der Waals surface area contributed by atoms with Crippen LogP contribution in [0.15, 0.2) is 11.1 Å². The lowest BCUT2D eigenvalue weighted by atomic mass is 9.98. The van der Waals surface area contributed by atoms with Gasteiger partial charge < -0.3 is 10.1 Å². The first kappa shape index (κ1) is 12.2. The molecule has 1 fully saturated rings. The van der Waals surface area contributed by atoms with Crippen LogP contribution < -0.4 is 5.32 Å². The first-order valence-corrected chi connectivity index (χ1v) is 6.24. The second kappa shape index (κ2) is 7.43. The Balaban J connectivity index is 1.90. The minimum absolute atomic E-state index is 0.526. The topological polar surface area (TPSA) is 21.3 Å². The lowest BCUT2D eigenvalue weighted by Crippen LogP contribution is -2.25. The number of hydrogen-bond donors (Lipinski definition) is 1. The highest BCUT2D eigenvalue weighted by Gasteiger charge is 2.12. The number of nitrogens with one attached hydrogen (secondary N) is 1. The van der Waals surface area contributed by atoms with Crippen molar-refractivity contribution in [2.45, 2.75) is 38.2 Å². The van der Waals surface area contributed by atoms with E-state index < -0.39 is 0 Å². The van der Waals surface area contributed by atoms with Crippen LogP contribution in [0.5, 0.6) is 0 Å². The van der Waals surface area contributed by atoms with Gasteiger partial charge in [0.2, 0.25) is 0 Å². The Morgan fingerprint density at radius 2 is 2.07 bits per heavy atom. The van der Waals surface area contributed by atoms with E-state index in [0.717, 1.165) is 24.2 Å². The molecule has 1 N–H and O–H groups in total. The SMILES string of the molecule is C=C(Br)CNCCOC1CCCCC1. The van der Waals surface area contributed by atoms with Gasteiger partial charge in [0.1, 0.15) is 0 Å². The molecule has 0 aliphatic heterocycles. The molecule has 0 aromatic rings. The van der Waals surface area contributed by atoms with E-state index >= 15 is 0 Å². The molecule has 0 spiro atoms. The van der Waals surface area contributed by atoms with Crippen molar-refractivity contribution < 1.29 is 4.74 Å². The summed E-state index contributed by atoms with van der Waals surface area (Å²) in [4.78, 5) is 0. The molecule has 3 heteroatoms. The molecule has 0 unspecified atom stereocenters. The largest absolute Gasteiger partial charge is 0.377 e. The Hall–Kier alpha value is 0.140. The number of ether oxygens (including phenoxy) is 1. The quantitative estimate of drug-likeness (QED) is 0.743. The van der Waals surface area contributed by atoms with E-state index in [9.17, 15) is 0 Å². The van der Waals surface area contributed by atoms with E-state index in [1.54, 1.807) is 0 Å². The summed E-state index contributed by atoms with van der Waals surface area (Å²) in [6.07, 6.45) is 7.11. The van der Waals surface area contributed by atoms with E-state index in [-0.39, 0.29) is 0 Å². The minimum atomic E-state index is 0.526. The zero-order valence-electron chi connectivity index (χ0n) is 8.73. The van der Waals surface area contributed by atoms with Crippen molar-refractivity contribution in [2.24, 2.45) is 0 Å². The van der Waals surface area contributed by atoms with Crippen molar-refractivity contribution >= 4 is 15.9 Å².